The first-order valence-electron chi connectivity index (χ1n) is 21.5. The number of fused-ring (bicyclic) bond motifs is 6. The number of para-hydroxylation sites is 2. The first kappa shape index (κ1) is 36.8. The highest BCUT2D eigenvalue weighted by Crippen LogP contribution is 2.43. The minimum atomic E-state index is 1.10. The fourth-order valence-corrected chi connectivity index (χ4v) is 10.6. The molecule has 10 aromatic carbocycles. The molecule has 63 heavy (non-hydrogen) atoms. The molecule has 0 spiro atoms. The van der Waals surface area contributed by atoms with E-state index in [2.05, 4.69) is 252 Å². The zero-order valence-electron chi connectivity index (χ0n) is 34.4. The molecule has 0 fully saturated rings. The van der Waals surface area contributed by atoms with Crippen molar-refractivity contribution in [1.29, 1.82) is 0 Å². The number of nitrogens with zero attached hydrogens (tertiary/aromatic N) is 2. The molecule has 0 aliphatic heterocycles. The molecular formula is C60H40N2S. The van der Waals surface area contributed by atoms with Crippen molar-refractivity contribution >= 4 is 70.4 Å². The summed E-state index contributed by atoms with van der Waals surface area (Å²) in [6.07, 6.45) is 0. The molecule has 0 N–H and O–H groups in total. The van der Waals surface area contributed by atoms with Crippen molar-refractivity contribution in [1.82, 2.24) is 4.57 Å². The van der Waals surface area contributed by atoms with Crippen molar-refractivity contribution in [2.24, 2.45) is 0 Å². The second-order valence-electron chi connectivity index (χ2n) is 16.1. The largest absolute Gasteiger partial charge is 0.311 e. The quantitative estimate of drug-likeness (QED) is 0.148. The number of aromatic nitrogens is 1. The lowest BCUT2D eigenvalue weighted by Crippen LogP contribution is -2.09. The second-order valence-corrected chi connectivity index (χ2v) is 17.2. The smallest absolute Gasteiger partial charge is 0.0541 e. The van der Waals surface area contributed by atoms with Gasteiger partial charge < -0.3 is 9.47 Å². The first-order chi connectivity index (χ1) is 31.2. The van der Waals surface area contributed by atoms with Crippen LogP contribution < -0.4 is 4.90 Å². The zero-order valence-corrected chi connectivity index (χ0v) is 35.2. The molecule has 0 saturated heterocycles. The maximum absolute atomic E-state index is 2.37. The van der Waals surface area contributed by atoms with Crippen LogP contribution in [0.3, 0.4) is 0 Å². The Labute approximate surface area is 370 Å². The van der Waals surface area contributed by atoms with Gasteiger partial charge in [-0.1, -0.05) is 164 Å². The molecule has 0 bridgehead atoms. The highest BCUT2D eigenvalue weighted by molar-refractivity contribution is 7.26. The second kappa shape index (κ2) is 15.5. The van der Waals surface area contributed by atoms with E-state index in [0.29, 0.717) is 0 Å². The predicted molar refractivity (Wildman–Crippen MR) is 270 cm³/mol. The fourth-order valence-electron chi connectivity index (χ4n) is 9.33. The molecule has 0 saturated carbocycles. The molecule has 3 heteroatoms. The van der Waals surface area contributed by atoms with E-state index in [4.69, 9.17) is 0 Å². The van der Waals surface area contributed by atoms with Crippen LogP contribution in [0, 0.1) is 0 Å². The van der Waals surface area contributed by atoms with Crippen LogP contribution in [0.25, 0.3) is 92.2 Å². The van der Waals surface area contributed by atoms with Gasteiger partial charge >= 0.3 is 0 Å². The number of anilines is 3. The van der Waals surface area contributed by atoms with Gasteiger partial charge in [0, 0.05) is 53.7 Å². The molecule has 2 aromatic heterocycles. The van der Waals surface area contributed by atoms with Gasteiger partial charge in [-0.05, 0) is 123 Å². The van der Waals surface area contributed by atoms with E-state index in [1.54, 1.807) is 0 Å². The average molecular weight is 821 g/mol. The normalized spacial score (nSPS) is 11.5. The molecule has 12 rings (SSSR count). The lowest BCUT2D eigenvalue weighted by atomic mass is 9.98. The van der Waals surface area contributed by atoms with Gasteiger partial charge in [0.2, 0.25) is 0 Å². The predicted octanol–water partition coefficient (Wildman–Crippen LogP) is 17.3. The van der Waals surface area contributed by atoms with Crippen LogP contribution in [0.2, 0.25) is 0 Å². The molecule has 12 aromatic rings. The summed E-state index contributed by atoms with van der Waals surface area (Å²) >= 11 is 1.88. The minimum absolute atomic E-state index is 1.10. The SMILES string of the molecule is c1ccc(-c2cccc(-c3ccc(N(c4ccc(-c5ccc6c(c5)c5ccccc5n6-c5ccccc5)cc4)c4ccc(-c5cccc6c5sc5ccccc56)cc4)cc3)c2)cc1. The van der Waals surface area contributed by atoms with E-state index in [1.165, 1.54) is 92.2 Å². The Morgan fingerprint density at radius 3 is 1.46 bits per heavy atom. The molecule has 2 heterocycles. The third-order valence-electron chi connectivity index (χ3n) is 12.4. The van der Waals surface area contributed by atoms with Gasteiger partial charge in [0.15, 0.2) is 0 Å². The standard InChI is InChI=1S/C60H40N2S/c1-3-13-41(14-4-1)45-15-11-16-46(39-45)42-25-32-49(33-26-42)61(51-36-29-44(30-37-51)52-21-12-22-55-54-20-8-10-24-59(54)63-60(52)55)50-34-27-43(28-35-50)47-31-38-58-56(40-47)53-19-7-9-23-57(53)62(58)48-17-5-2-6-18-48/h1-40H. The van der Waals surface area contributed by atoms with Crippen molar-refractivity contribution in [3.63, 3.8) is 0 Å². The number of rotatable bonds is 8. The number of benzene rings is 10. The van der Waals surface area contributed by atoms with Gasteiger partial charge in [-0.3, -0.25) is 0 Å². The Hall–Kier alpha value is -7.98. The third kappa shape index (κ3) is 6.58. The van der Waals surface area contributed by atoms with Gasteiger partial charge in [-0.25, -0.2) is 0 Å². The Bertz CT molecular complexity index is 3580. The summed E-state index contributed by atoms with van der Waals surface area (Å²) in [7, 11) is 0. The molecule has 0 amide bonds. The summed E-state index contributed by atoms with van der Waals surface area (Å²) in [5, 5.41) is 5.14. The van der Waals surface area contributed by atoms with Gasteiger partial charge in [-0.2, -0.15) is 0 Å². The van der Waals surface area contributed by atoms with E-state index < -0.39 is 0 Å². The topological polar surface area (TPSA) is 8.17 Å². The third-order valence-corrected chi connectivity index (χ3v) is 13.6. The lowest BCUT2D eigenvalue weighted by molar-refractivity contribution is 1.18. The summed E-state index contributed by atoms with van der Waals surface area (Å²) in [5.41, 5.74) is 16.5. The van der Waals surface area contributed by atoms with Crippen LogP contribution >= 0.6 is 11.3 Å². The average Bonchev–Trinajstić information content (AvgIpc) is 3.91. The Morgan fingerprint density at radius 2 is 0.778 bits per heavy atom. The fraction of sp³-hybridized carbons (Fsp3) is 0. The maximum Gasteiger partial charge on any atom is 0.0541 e. The van der Waals surface area contributed by atoms with Gasteiger partial charge in [0.25, 0.3) is 0 Å². The van der Waals surface area contributed by atoms with Crippen LogP contribution in [0.15, 0.2) is 243 Å². The molecule has 0 aliphatic carbocycles. The number of thiophene rings is 1. The number of hydrogen-bond donors (Lipinski definition) is 0. The van der Waals surface area contributed by atoms with Crippen LogP contribution in [-0.2, 0) is 0 Å². The summed E-state index contributed by atoms with van der Waals surface area (Å²) in [4.78, 5) is 2.37. The Morgan fingerprint density at radius 1 is 0.302 bits per heavy atom. The van der Waals surface area contributed by atoms with Crippen molar-refractivity contribution in [2.75, 3.05) is 4.90 Å². The molecule has 0 aliphatic rings. The monoisotopic (exact) mass is 820 g/mol. The van der Waals surface area contributed by atoms with E-state index in [-0.39, 0.29) is 0 Å². The maximum atomic E-state index is 2.37. The highest BCUT2D eigenvalue weighted by atomic mass is 32.1. The number of hydrogen-bond acceptors (Lipinski definition) is 2. The molecule has 296 valence electrons. The summed E-state index contributed by atoms with van der Waals surface area (Å²) in [6, 6.07) is 88.2. The summed E-state index contributed by atoms with van der Waals surface area (Å²) in [6.45, 7) is 0. The molecule has 0 atom stereocenters. The van der Waals surface area contributed by atoms with Gasteiger partial charge in [0.05, 0.1) is 11.0 Å². The minimum Gasteiger partial charge on any atom is -0.311 e. The van der Waals surface area contributed by atoms with Crippen LogP contribution in [0.1, 0.15) is 0 Å². The van der Waals surface area contributed by atoms with Crippen molar-refractivity contribution < 1.29 is 0 Å². The van der Waals surface area contributed by atoms with Gasteiger partial charge in [-0.15, -0.1) is 11.3 Å². The van der Waals surface area contributed by atoms with E-state index >= 15 is 0 Å². The molecule has 0 unspecified atom stereocenters. The Kier molecular flexibility index (Phi) is 9.06. The molecule has 2 nitrogen and oxygen atoms in total. The Balaban J connectivity index is 0.926. The summed E-state index contributed by atoms with van der Waals surface area (Å²) < 4.78 is 5.02. The molecular weight excluding hydrogens is 781 g/mol. The van der Waals surface area contributed by atoms with Crippen molar-refractivity contribution in [3.8, 4) is 50.2 Å². The highest BCUT2D eigenvalue weighted by Gasteiger charge is 2.17. The molecule has 0 radical (unpaired) electrons. The van der Waals surface area contributed by atoms with Crippen LogP contribution in [0.5, 0.6) is 0 Å². The van der Waals surface area contributed by atoms with Gasteiger partial charge in [0.1, 0.15) is 0 Å². The van der Waals surface area contributed by atoms with Crippen molar-refractivity contribution in [3.05, 3.63) is 243 Å². The van der Waals surface area contributed by atoms with Crippen molar-refractivity contribution in [2.45, 2.75) is 0 Å². The van der Waals surface area contributed by atoms with Crippen LogP contribution in [0.4, 0.5) is 17.1 Å². The van der Waals surface area contributed by atoms with E-state index in [0.717, 1.165) is 17.1 Å². The summed E-state index contributed by atoms with van der Waals surface area (Å²) in [5.74, 6) is 0. The first-order valence-corrected chi connectivity index (χ1v) is 22.3. The van der Waals surface area contributed by atoms with E-state index in [9.17, 15) is 0 Å². The van der Waals surface area contributed by atoms with Crippen LogP contribution in [-0.4, -0.2) is 4.57 Å². The zero-order chi connectivity index (χ0) is 41.7. The lowest BCUT2D eigenvalue weighted by Gasteiger charge is -2.26. The van der Waals surface area contributed by atoms with E-state index in [1.807, 2.05) is 11.3 Å².